The molecular weight excluding hydrogens is 322 g/mol. The number of ether oxygens (including phenoxy) is 2. The second-order valence-corrected chi connectivity index (χ2v) is 6.55. The van der Waals surface area contributed by atoms with Crippen LogP contribution < -0.4 is 20.1 Å². The number of carbonyl (C=O) groups is 2. The van der Waals surface area contributed by atoms with Gasteiger partial charge in [0, 0.05) is 26.6 Å². The van der Waals surface area contributed by atoms with E-state index in [2.05, 4.69) is 10.6 Å². The summed E-state index contributed by atoms with van der Waals surface area (Å²) in [6.07, 6.45) is 1.63. The van der Waals surface area contributed by atoms with E-state index in [0.29, 0.717) is 44.5 Å². The van der Waals surface area contributed by atoms with Gasteiger partial charge in [-0.1, -0.05) is 12.1 Å². The quantitative estimate of drug-likeness (QED) is 0.862. The van der Waals surface area contributed by atoms with Crippen LogP contribution in [0.1, 0.15) is 19.8 Å². The molecule has 0 unspecified atom stereocenters. The standard InChI is InChI=1S/C18H25N3O4/c1-13(22)19-10-14-6-8-21(9-7-14)18(23)20-11-15-12-24-16-4-2-3-5-17(16)25-15/h2-5,14-15H,6-12H2,1H3,(H,19,22)(H,20,23)/t15-/m1/s1. The van der Waals surface area contributed by atoms with Crippen LogP contribution in [0.5, 0.6) is 11.5 Å². The number of nitrogens with zero attached hydrogens (tertiary/aromatic N) is 1. The molecule has 2 aliphatic heterocycles. The highest BCUT2D eigenvalue weighted by molar-refractivity contribution is 5.74. The Morgan fingerprint density at radius 3 is 2.56 bits per heavy atom. The molecule has 136 valence electrons. The molecule has 1 aromatic carbocycles. The van der Waals surface area contributed by atoms with Gasteiger partial charge in [0.15, 0.2) is 17.6 Å². The lowest BCUT2D eigenvalue weighted by Gasteiger charge is -2.33. The van der Waals surface area contributed by atoms with Gasteiger partial charge in [0.1, 0.15) is 6.61 Å². The van der Waals surface area contributed by atoms with E-state index >= 15 is 0 Å². The van der Waals surface area contributed by atoms with Crippen molar-refractivity contribution >= 4 is 11.9 Å². The molecule has 2 aliphatic rings. The van der Waals surface area contributed by atoms with E-state index in [9.17, 15) is 9.59 Å². The zero-order chi connectivity index (χ0) is 17.6. The predicted molar refractivity (Wildman–Crippen MR) is 92.7 cm³/mol. The van der Waals surface area contributed by atoms with Crippen molar-refractivity contribution in [2.24, 2.45) is 5.92 Å². The van der Waals surface area contributed by atoms with Gasteiger partial charge in [-0.2, -0.15) is 0 Å². The molecule has 2 heterocycles. The van der Waals surface area contributed by atoms with Crippen molar-refractivity contribution in [3.8, 4) is 11.5 Å². The lowest BCUT2D eigenvalue weighted by atomic mass is 9.97. The van der Waals surface area contributed by atoms with E-state index < -0.39 is 0 Å². The second-order valence-electron chi connectivity index (χ2n) is 6.55. The Kier molecular flexibility index (Phi) is 5.63. The minimum Gasteiger partial charge on any atom is -0.486 e. The zero-order valence-electron chi connectivity index (χ0n) is 14.5. The Bertz CT molecular complexity index is 614. The highest BCUT2D eigenvalue weighted by Gasteiger charge is 2.25. The molecule has 1 fully saturated rings. The number of piperidine rings is 1. The molecule has 0 aromatic heterocycles. The maximum absolute atomic E-state index is 12.3. The fraction of sp³-hybridized carbons (Fsp3) is 0.556. The number of para-hydroxylation sites is 2. The van der Waals surface area contributed by atoms with Gasteiger partial charge < -0.3 is 25.0 Å². The molecular formula is C18H25N3O4. The van der Waals surface area contributed by atoms with Crippen molar-refractivity contribution < 1.29 is 19.1 Å². The van der Waals surface area contributed by atoms with Crippen molar-refractivity contribution in [2.75, 3.05) is 32.8 Å². The van der Waals surface area contributed by atoms with Crippen LogP contribution in [0, 0.1) is 5.92 Å². The number of rotatable bonds is 4. The number of likely N-dealkylation sites (tertiary alicyclic amines) is 1. The molecule has 3 amide bonds. The summed E-state index contributed by atoms with van der Waals surface area (Å²) in [6.45, 7) is 4.48. The van der Waals surface area contributed by atoms with Gasteiger partial charge in [-0.25, -0.2) is 4.79 Å². The van der Waals surface area contributed by atoms with Crippen LogP contribution in [-0.4, -0.2) is 55.7 Å². The number of nitrogens with one attached hydrogen (secondary N) is 2. The highest BCUT2D eigenvalue weighted by atomic mass is 16.6. The molecule has 0 radical (unpaired) electrons. The van der Waals surface area contributed by atoms with E-state index in [-0.39, 0.29) is 18.0 Å². The van der Waals surface area contributed by atoms with Gasteiger partial charge in [0.25, 0.3) is 0 Å². The van der Waals surface area contributed by atoms with Crippen molar-refractivity contribution in [3.63, 3.8) is 0 Å². The third-order valence-electron chi connectivity index (χ3n) is 4.59. The number of urea groups is 1. The summed E-state index contributed by atoms with van der Waals surface area (Å²) in [5.74, 6) is 1.90. The topological polar surface area (TPSA) is 79.9 Å². The molecule has 0 bridgehead atoms. The molecule has 25 heavy (non-hydrogen) atoms. The summed E-state index contributed by atoms with van der Waals surface area (Å²) in [5.41, 5.74) is 0. The second kappa shape index (κ2) is 8.09. The molecule has 0 aliphatic carbocycles. The van der Waals surface area contributed by atoms with Crippen LogP contribution in [-0.2, 0) is 4.79 Å². The van der Waals surface area contributed by atoms with Crippen LogP contribution in [0.25, 0.3) is 0 Å². The van der Waals surface area contributed by atoms with Gasteiger partial charge >= 0.3 is 6.03 Å². The predicted octanol–water partition coefficient (Wildman–Crippen LogP) is 1.38. The van der Waals surface area contributed by atoms with Gasteiger partial charge in [-0.15, -0.1) is 0 Å². The molecule has 0 saturated carbocycles. The van der Waals surface area contributed by atoms with Crippen LogP contribution >= 0.6 is 0 Å². The Morgan fingerprint density at radius 1 is 1.12 bits per heavy atom. The molecule has 2 N–H and O–H groups in total. The average molecular weight is 347 g/mol. The summed E-state index contributed by atoms with van der Waals surface area (Å²) >= 11 is 0. The lowest BCUT2D eigenvalue weighted by molar-refractivity contribution is -0.119. The van der Waals surface area contributed by atoms with Crippen LogP contribution in [0.15, 0.2) is 24.3 Å². The number of carbonyl (C=O) groups excluding carboxylic acids is 2. The number of amides is 3. The van der Waals surface area contributed by atoms with Crippen LogP contribution in [0.2, 0.25) is 0 Å². The van der Waals surface area contributed by atoms with Gasteiger partial charge in [0.2, 0.25) is 5.91 Å². The normalized spacial score (nSPS) is 20.0. The molecule has 0 spiro atoms. The molecule has 1 saturated heterocycles. The molecule has 1 aromatic rings. The molecule has 1 atom stereocenters. The third kappa shape index (κ3) is 4.78. The largest absolute Gasteiger partial charge is 0.486 e. The van der Waals surface area contributed by atoms with Crippen molar-refractivity contribution in [2.45, 2.75) is 25.9 Å². The van der Waals surface area contributed by atoms with Crippen LogP contribution in [0.3, 0.4) is 0 Å². The number of benzene rings is 1. The first-order valence-corrected chi connectivity index (χ1v) is 8.77. The third-order valence-corrected chi connectivity index (χ3v) is 4.59. The Balaban J connectivity index is 1.38. The molecule has 7 nitrogen and oxygen atoms in total. The Morgan fingerprint density at radius 2 is 1.84 bits per heavy atom. The van der Waals surface area contributed by atoms with Gasteiger partial charge in [0.05, 0.1) is 6.54 Å². The summed E-state index contributed by atoms with van der Waals surface area (Å²) in [6, 6.07) is 7.47. The summed E-state index contributed by atoms with van der Waals surface area (Å²) in [5, 5.41) is 5.78. The Hall–Kier alpha value is -2.44. The van der Waals surface area contributed by atoms with E-state index in [1.54, 1.807) is 0 Å². The average Bonchev–Trinajstić information content (AvgIpc) is 2.64. The maximum atomic E-state index is 12.3. The number of fused-ring (bicyclic) bond motifs is 1. The van der Waals surface area contributed by atoms with E-state index in [1.165, 1.54) is 6.92 Å². The van der Waals surface area contributed by atoms with Gasteiger partial charge in [-0.3, -0.25) is 4.79 Å². The highest BCUT2D eigenvalue weighted by Crippen LogP contribution is 2.30. The van der Waals surface area contributed by atoms with E-state index in [1.807, 2.05) is 29.2 Å². The minimum atomic E-state index is -0.184. The number of hydrogen-bond donors (Lipinski definition) is 2. The van der Waals surface area contributed by atoms with Crippen molar-refractivity contribution in [3.05, 3.63) is 24.3 Å². The SMILES string of the molecule is CC(=O)NCC1CCN(C(=O)NC[C@@H]2COc3ccccc3O2)CC1. The van der Waals surface area contributed by atoms with Crippen molar-refractivity contribution in [1.29, 1.82) is 0 Å². The van der Waals surface area contributed by atoms with Crippen molar-refractivity contribution in [1.82, 2.24) is 15.5 Å². The summed E-state index contributed by atoms with van der Waals surface area (Å²) in [4.78, 5) is 25.1. The van der Waals surface area contributed by atoms with E-state index in [0.717, 1.165) is 18.6 Å². The fourth-order valence-corrected chi connectivity index (χ4v) is 3.10. The fourth-order valence-electron chi connectivity index (χ4n) is 3.10. The number of hydrogen-bond acceptors (Lipinski definition) is 4. The first-order chi connectivity index (χ1) is 12.1. The maximum Gasteiger partial charge on any atom is 0.317 e. The monoisotopic (exact) mass is 347 g/mol. The smallest absolute Gasteiger partial charge is 0.317 e. The van der Waals surface area contributed by atoms with Gasteiger partial charge in [-0.05, 0) is 30.9 Å². The van der Waals surface area contributed by atoms with Crippen LogP contribution in [0.4, 0.5) is 4.79 Å². The summed E-state index contributed by atoms with van der Waals surface area (Å²) in [7, 11) is 0. The zero-order valence-corrected chi connectivity index (χ0v) is 14.5. The Labute approximate surface area is 147 Å². The molecule has 3 rings (SSSR count). The first kappa shape index (κ1) is 17.4. The van der Waals surface area contributed by atoms with E-state index in [4.69, 9.17) is 9.47 Å². The first-order valence-electron chi connectivity index (χ1n) is 8.77. The minimum absolute atomic E-state index is 0.00329. The molecule has 7 heteroatoms. The summed E-state index contributed by atoms with van der Waals surface area (Å²) < 4.78 is 11.5. The lowest BCUT2D eigenvalue weighted by Crippen LogP contribution is -2.49.